The SMILES string of the molecule is N#Cc1c(N2CCCCCC2)c2ccncc2[nH]c1=O. The van der Waals surface area contributed by atoms with Gasteiger partial charge in [0.25, 0.3) is 5.56 Å². The first kappa shape index (κ1) is 12.7. The van der Waals surface area contributed by atoms with Gasteiger partial charge in [0.2, 0.25) is 0 Å². The van der Waals surface area contributed by atoms with Crippen molar-refractivity contribution in [3.63, 3.8) is 0 Å². The molecule has 0 bridgehead atoms. The van der Waals surface area contributed by atoms with Crippen molar-refractivity contribution in [2.24, 2.45) is 0 Å². The van der Waals surface area contributed by atoms with Gasteiger partial charge in [0.1, 0.15) is 11.6 Å². The summed E-state index contributed by atoms with van der Waals surface area (Å²) in [5, 5.41) is 10.2. The fourth-order valence-corrected chi connectivity index (χ4v) is 2.85. The van der Waals surface area contributed by atoms with Crippen LogP contribution < -0.4 is 10.5 Å². The molecule has 0 radical (unpaired) electrons. The van der Waals surface area contributed by atoms with Gasteiger partial charge in [0, 0.05) is 24.7 Å². The monoisotopic (exact) mass is 268 g/mol. The van der Waals surface area contributed by atoms with Gasteiger partial charge in [0.15, 0.2) is 0 Å². The predicted molar refractivity (Wildman–Crippen MR) is 77.8 cm³/mol. The van der Waals surface area contributed by atoms with E-state index in [0.29, 0.717) is 5.52 Å². The number of nitriles is 1. The Hall–Kier alpha value is -2.35. The molecule has 1 fully saturated rings. The molecule has 20 heavy (non-hydrogen) atoms. The van der Waals surface area contributed by atoms with Crippen molar-refractivity contribution in [3.05, 3.63) is 34.4 Å². The Labute approximate surface area is 116 Å². The Morgan fingerprint density at radius 2 is 2.00 bits per heavy atom. The number of anilines is 1. The molecule has 1 aliphatic rings. The average Bonchev–Trinajstić information content (AvgIpc) is 2.74. The minimum Gasteiger partial charge on any atom is -0.370 e. The lowest BCUT2D eigenvalue weighted by atomic mass is 10.1. The molecule has 0 aliphatic carbocycles. The van der Waals surface area contributed by atoms with Gasteiger partial charge in [0.05, 0.1) is 17.4 Å². The summed E-state index contributed by atoms with van der Waals surface area (Å²) in [4.78, 5) is 21.0. The van der Waals surface area contributed by atoms with Crippen molar-refractivity contribution in [2.45, 2.75) is 25.7 Å². The smallest absolute Gasteiger partial charge is 0.268 e. The third-order valence-electron chi connectivity index (χ3n) is 3.82. The first-order valence-corrected chi connectivity index (χ1v) is 6.96. The molecule has 0 saturated carbocycles. The second kappa shape index (κ2) is 5.33. The third-order valence-corrected chi connectivity index (χ3v) is 3.82. The molecule has 3 rings (SSSR count). The lowest BCUT2D eigenvalue weighted by Gasteiger charge is -2.24. The average molecular weight is 268 g/mol. The van der Waals surface area contributed by atoms with Crippen molar-refractivity contribution in [2.75, 3.05) is 18.0 Å². The van der Waals surface area contributed by atoms with E-state index in [4.69, 9.17) is 0 Å². The summed E-state index contributed by atoms with van der Waals surface area (Å²) >= 11 is 0. The van der Waals surface area contributed by atoms with Crippen LogP contribution in [0, 0.1) is 11.3 Å². The number of nitrogens with zero attached hydrogens (tertiary/aromatic N) is 3. The van der Waals surface area contributed by atoms with Gasteiger partial charge in [-0.1, -0.05) is 12.8 Å². The highest BCUT2D eigenvalue weighted by atomic mass is 16.1. The van der Waals surface area contributed by atoms with E-state index >= 15 is 0 Å². The van der Waals surface area contributed by atoms with E-state index in [1.807, 2.05) is 6.07 Å². The number of hydrogen-bond donors (Lipinski definition) is 1. The van der Waals surface area contributed by atoms with Crippen LogP contribution in [0.5, 0.6) is 0 Å². The van der Waals surface area contributed by atoms with Gasteiger partial charge in [-0.05, 0) is 18.9 Å². The van der Waals surface area contributed by atoms with Crippen LogP contribution >= 0.6 is 0 Å². The summed E-state index contributed by atoms with van der Waals surface area (Å²) in [5.74, 6) is 0. The summed E-state index contributed by atoms with van der Waals surface area (Å²) < 4.78 is 0. The molecule has 0 atom stereocenters. The number of nitrogens with one attached hydrogen (secondary N) is 1. The Morgan fingerprint density at radius 1 is 1.25 bits per heavy atom. The number of aromatic nitrogens is 2. The summed E-state index contributed by atoms with van der Waals surface area (Å²) in [6, 6.07) is 3.94. The number of fused-ring (bicyclic) bond motifs is 1. The highest BCUT2D eigenvalue weighted by molar-refractivity contribution is 5.93. The Kier molecular flexibility index (Phi) is 3.38. The molecule has 0 amide bonds. The van der Waals surface area contributed by atoms with E-state index in [0.717, 1.165) is 37.0 Å². The van der Waals surface area contributed by atoms with Crippen LogP contribution in [0.4, 0.5) is 5.69 Å². The molecular formula is C15H16N4O. The fourth-order valence-electron chi connectivity index (χ4n) is 2.85. The first-order chi connectivity index (χ1) is 9.81. The zero-order valence-electron chi connectivity index (χ0n) is 11.2. The van der Waals surface area contributed by atoms with E-state index in [1.54, 1.807) is 12.4 Å². The molecule has 3 heterocycles. The van der Waals surface area contributed by atoms with Crippen LogP contribution in [0.3, 0.4) is 0 Å². The summed E-state index contributed by atoms with van der Waals surface area (Å²) in [7, 11) is 0. The van der Waals surface area contributed by atoms with Crippen LogP contribution in [0.25, 0.3) is 10.9 Å². The molecule has 102 valence electrons. The molecule has 5 heteroatoms. The molecule has 2 aromatic heterocycles. The molecule has 0 unspecified atom stereocenters. The van der Waals surface area contributed by atoms with Crippen molar-refractivity contribution in [1.82, 2.24) is 9.97 Å². The lowest BCUT2D eigenvalue weighted by Crippen LogP contribution is -2.28. The molecule has 1 N–H and O–H groups in total. The second-order valence-corrected chi connectivity index (χ2v) is 5.11. The topological polar surface area (TPSA) is 72.8 Å². The second-order valence-electron chi connectivity index (χ2n) is 5.11. The largest absolute Gasteiger partial charge is 0.370 e. The van der Waals surface area contributed by atoms with Gasteiger partial charge in [-0.15, -0.1) is 0 Å². The molecule has 1 aliphatic heterocycles. The maximum atomic E-state index is 12.1. The Bertz CT molecular complexity index is 721. The van der Waals surface area contributed by atoms with Crippen LogP contribution in [-0.4, -0.2) is 23.1 Å². The number of pyridine rings is 2. The van der Waals surface area contributed by atoms with Crippen LogP contribution in [-0.2, 0) is 0 Å². The van der Waals surface area contributed by atoms with Gasteiger partial charge in [-0.25, -0.2) is 0 Å². The van der Waals surface area contributed by atoms with Crippen LogP contribution in [0.1, 0.15) is 31.2 Å². The van der Waals surface area contributed by atoms with Gasteiger partial charge < -0.3 is 9.88 Å². The van der Waals surface area contributed by atoms with Gasteiger partial charge in [-0.2, -0.15) is 5.26 Å². The summed E-state index contributed by atoms with van der Waals surface area (Å²) in [6.45, 7) is 1.80. The van der Waals surface area contributed by atoms with E-state index in [1.165, 1.54) is 12.8 Å². The van der Waals surface area contributed by atoms with E-state index < -0.39 is 0 Å². The highest BCUT2D eigenvalue weighted by Crippen LogP contribution is 2.28. The van der Waals surface area contributed by atoms with E-state index in [2.05, 4.69) is 20.9 Å². The normalized spacial score (nSPS) is 15.8. The molecule has 2 aromatic rings. The Morgan fingerprint density at radius 3 is 2.70 bits per heavy atom. The van der Waals surface area contributed by atoms with Crippen LogP contribution in [0.15, 0.2) is 23.3 Å². The quantitative estimate of drug-likeness (QED) is 0.860. The Balaban J connectivity index is 2.25. The predicted octanol–water partition coefficient (Wildman–Crippen LogP) is 2.18. The molecule has 0 spiro atoms. The van der Waals surface area contributed by atoms with Crippen LogP contribution in [0.2, 0.25) is 0 Å². The zero-order chi connectivity index (χ0) is 13.9. The number of aromatic amines is 1. The highest BCUT2D eigenvalue weighted by Gasteiger charge is 2.19. The van der Waals surface area contributed by atoms with Gasteiger partial charge >= 0.3 is 0 Å². The third kappa shape index (κ3) is 2.14. The number of rotatable bonds is 1. The lowest BCUT2D eigenvalue weighted by molar-refractivity contribution is 0.726. The fraction of sp³-hybridized carbons (Fsp3) is 0.400. The summed E-state index contributed by atoms with van der Waals surface area (Å²) in [6.07, 6.45) is 7.96. The van der Waals surface area contributed by atoms with E-state index in [-0.39, 0.29) is 11.1 Å². The minimum absolute atomic E-state index is 0.214. The van der Waals surface area contributed by atoms with Gasteiger partial charge in [-0.3, -0.25) is 9.78 Å². The maximum Gasteiger partial charge on any atom is 0.268 e. The molecule has 5 nitrogen and oxygen atoms in total. The number of hydrogen-bond acceptors (Lipinski definition) is 4. The standard InChI is InChI=1S/C15H16N4O/c16-9-12-14(19-7-3-1-2-4-8-19)11-5-6-17-10-13(11)18-15(12)20/h5-6,10H,1-4,7-8H2,(H,18,20). The number of H-pyrrole nitrogens is 1. The molecular weight excluding hydrogens is 252 g/mol. The molecule has 1 saturated heterocycles. The van der Waals surface area contributed by atoms with E-state index in [9.17, 15) is 10.1 Å². The molecule has 0 aromatic carbocycles. The summed E-state index contributed by atoms with van der Waals surface area (Å²) in [5.41, 5.74) is 1.35. The minimum atomic E-state index is -0.327. The zero-order valence-corrected chi connectivity index (χ0v) is 11.2. The van der Waals surface area contributed by atoms with Crippen molar-refractivity contribution < 1.29 is 0 Å². The van der Waals surface area contributed by atoms with Crippen molar-refractivity contribution in [3.8, 4) is 6.07 Å². The maximum absolute atomic E-state index is 12.1. The van der Waals surface area contributed by atoms with Crippen molar-refractivity contribution in [1.29, 1.82) is 5.26 Å². The van der Waals surface area contributed by atoms with Crippen molar-refractivity contribution >= 4 is 16.6 Å². The first-order valence-electron chi connectivity index (χ1n) is 6.96.